The van der Waals surface area contributed by atoms with Crippen molar-refractivity contribution < 1.29 is 9.13 Å². The van der Waals surface area contributed by atoms with Gasteiger partial charge in [0.25, 0.3) is 0 Å². The van der Waals surface area contributed by atoms with Crippen LogP contribution in [-0.2, 0) is 7.05 Å². The molecule has 0 amide bonds. The molecule has 0 aliphatic rings. The van der Waals surface area contributed by atoms with Crippen molar-refractivity contribution in [3.63, 3.8) is 0 Å². The topological polar surface area (TPSA) is 118 Å². The molecule has 0 aliphatic heterocycles. The van der Waals surface area contributed by atoms with E-state index < -0.39 is 5.82 Å². The van der Waals surface area contributed by atoms with Crippen molar-refractivity contribution in [1.82, 2.24) is 34.5 Å². The summed E-state index contributed by atoms with van der Waals surface area (Å²) in [6.45, 7) is 3.70. The molecule has 2 N–H and O–H groups in total. The summed E-state index contributed by atoms with van der Waals surface area (Å²) in [5.74, 6) is 2.25. The lowest BCUT2D eigenvalue weighted by Gasteiger charge is -2.12. The highest BCUT2D eigenvalue weighted by Crippen LogP contribution is 2.42. The van der Waals surface area contributed by atoms with Crippen molar-refractivity contribution in [3.8, 4) is 46.6 Å². The number of aryl methyl sites for hydroxylation is 3. The van der Waals surface area contributed by atoms with Crippen LogP contribution in [0.3, 0.4) is 0 Å². The molecule has 5 heterocycles. The first-order valence-electron chi connectivity index (χ1n) is 10.5. The van der Waals surface area contributed by atoms with Gasteiger partial charge in [0.05, 0.1) is 17.3 Å². The summed E-state index contributed by atoms with van der Waals surface area (Å²) in [5, 5.41) is 0.479. The molecular formula is C25H19FN8O. The van der Waals surface area contributed by atoms with Crippen LogP contribution in [0.5, 0.6) is 11.8 Å². The molecule has 0 saturated carbocycles. The first kappa shape index (κ1) is 21.9. The Morgan fingerprint density at radius 1 is 1.09 bits per heavy atom. The Labute approximate surface area is 199 Å². The third kappa shape index (κ3) is 3.79. The zero-order valence-corrected chi connectivity index (χ0v) is 19.1. The van der Waals surface area contributed by atoms with E-state index in [-0.39, 0.29) is 23.3 Å². The largest absolute Gasteiger partial charge is 0.423 e. The van der Waals surface area contributed by atoms with Crippen molar-refractivity contribution in [2.45, 2.75) is 13.8 Å². The first-order chi connectivity index (χ1) is 16.9. The quantitative estimate of drug-likeness (QED) is 0.395. The van der Waals surface area contributed by atoms with Crippen LogP contribution in [0.4, 0.5) is 10.2 Å². The van der Waals surface area contributed by atoms with Gasteiger partial charge in [0.15, 0.2) is 11.6 Å². The molecule has 5 rings (SSSR count). The summed E-state index contributed by atoms with van der Waals surface area (Å²) in [7, 11) is 1.81. The Hall–Kier alpha value is -4.91. The lowest BCUT2D eigenvalue weighted by Crippen LogP contribution is -1.99. The average Bonchev–Trinajstić information content (AvgIpc) is 3.12. The molecular weight excluding hydrogens is 447 g/mol. The summed E-state index contributed by atoms with van der Waals surface area (Å²) >= 11 is 0. The summed E-state index contributed by atoms with van der Waals surface area (Å²) in [4.78, 5) is 25.4. The van der Waals surface area contributed by atoms with Crippen molar-refractivity contribution in [1.29, 1.82) is 0 Å². The maximum atomic E-state index is 15.6. The lowest BCUT2D eigenvalue weighted by molar-refractivity contribution is 0.434. The summed E-state index contributed by atoms with van der Waals surface area (Å²) in [5.41, 5.74) is 10.7. The number of halogens is 1. The van der Waals surface area contributed by atoms with E-state index in [0.29, 0.717) is 28.0 Å². The van der Waals surface area contributed by atoms with Gasteiger partial charge in [-0.25, -0.2) is 34.3 Å². The van der Waals surface area contributed by atoms with E-state index in [9.17, 15) is 0 Å². The monoisotopic (exact) mass is 466 g/mol. The van der Waals surface area contributed by atoms with E-state index in [1.165, 1.54) is 18.6 Å². The third-order valence-electron chi connectivity index (χ3n) is 5.55. The smallest absolute Gasteiger partial charge is 0.322 e. The van der Waals surface area contributed by atoms with E-state index >= 15 is 4.39 Å². The highest BCUT2D eigenvalue weighted by molar-refractivity contribution is 6.07. The number of nitrogen functional groups attached to an aromatic ring is 1. The Balaban J connectivity index is 1.72. The number of anilines is 1. The molecule has 0 bridgehead atoms. The number of rotatable bonds is 4. The first-order valence-corrected chi connectivity index (χ1v) is 10.5. The van der Waals surface area contributed by atoms with Crippen LogP contribution in [0.1, 0.15) is 17.0 Å². The summed E-state index contributed by atoms with van der Waals surface area (Å²) < 4.78 is 23.0. The molecule has 9 nitrogen and oxygen atoms in total. The van der Waals surface area contributed by atoms with Gasteiger partial charge in [0.1, 0.15) is 29.2 Å². The molecule has 0 radical (unpaired) electrons. The highest BCUT2D eigenvalue weighted by atomic mass is 19.1. The molecule has 5 aromatic heterocycles. The maximum Gasteiger partial charge on any atom is 0.322 e. The Kier molecular flexibility index (Phi) is 5.30. The number of nitrogens with zero attached hydrogens (tertiary/aromatic N) is 7. The minimum atomic E-state index is -0.627. The van der Waals surface area contributed by atoms with Crippen LogP contribution < -0.4 is 10.5 Å². The Morgan fingerprint density at radius 3 is 2.63 bits per heavy atom. The van der Waals surface area contributed by atoms with Gasteiger partial charge in [0, 0.05) is 42.3 Å². The Morgan fingerprint density at radius 2 is 1.91 bits per heavy atom. The molecule has 10 heteroatoms. The highest BCUT2D eigenvalue weighted by Gasteiger charge is 2.26. The summed E-state index contributed by atoms with van der Waals surface area (Å²) in [6.07, 6.45) is 11.5. The average molecular weight is 466 g/mol. The van der Waals surface area contributed by atoms with Crippen molar-refractivity contribution in [3.05, 3.63) is 65.9 Å². The number of terminal acetylenes is 1. The number of aromatic nitrogens is 7. The SMILES string of the molecule is C#Cc1cc(C)c(-c2c(-c3ncc(Oc4nccc(C)n4)cc3F)c3c(N)ncnc3n2C)cn1. The molecule has 35 heavy (non-hydrogen) atoms. The van der Waals surface area contributed by atoms with Gasteiger partial charge >= 0.3 is 6.01 Å². The van der Waals surface area contributed by atoms with E-state index in [2.05, 4.69) is 35.8 Å². The van der Waals surface area contributed by atoms with Crippen molar-refractivity contribution in [2.24, 2.45) is 7.05 Å². The standard InChI is InChI=1S/C25H19FN8O/c1-5-15-8-13(2)17(11-29-15)22-19(20-23(27)31-12-32-24(20)34(22)4)21-18(26)9-16(10-30-21)35-25-28-7-6-14(3)33-25/h1,6-12H,2-4H3,(H2,27,31,32). The van der Waals surface area contributed by atoms with Crippen LogP contribution in [-0.4, -0.2) is 34.5 Å². The van der Waals surface area contributed by atoms with Gasteiger partial charge < -0.3 is 15.0 Å². The predicted molar refractivity (Wildman–Crippen MR) is 129 cm³/mol. The predicted octanol–water partition coefficient (Wildman–Crippen LogP) is 3.99. The van der Waals surface area contributed by atoms with Gasteiger partial charge in [-0.05, 0) is 31.5 Å². The molecule has 0 saturated heterocycles. The second kappa shape index (κ2) is 8.46. The van der Waals surface area contributed by atoms with E-state index in [4.69, 9.17) is 16.9 Å². The van der Waals surface area contributed by atoms with E-state index in [0.717, 1.165) is 16.8 Å². The molecule has 172 valence electrons. The number of hydrogen-bond acceptors (Lipinski definition) is 8. The van der Waals surface area contributed by atoms with Crippen LogP contribution in [0, 0.1) is 32.0 Å². The van der Waals surface area contributed by atoms with Gasteiger partial charge in [-0.15, -0.1) is 6.42 Å². The second-order valence-corrected chi connectivity index (χ2v) is 7.85. The molecule has 0 unspecified atom stereocenters. The second-order valence-electron chi connectivity index (χ2n) is 7.85. The van der Waals surface area contributed by atoms with E-state index in [1.54, 1.807) is 31.5 Å². The van der Waals surface area contributed by atoms with Gasteiger partial charge in [-0.3, -0.25) is 0 Å². The fourth-order valence-electron chi connectivity index (χ4n) is 3.94. The summed E-state index contributed by atoms with van der Waals surface area (Å²) in [6, 6.07) is 4.84. The fourth-order valence-corrected chi connectivity index (χ4v) is 3.94. The molecule has 0 aliphatic carbocycles. The third-order valence-corrected chi connectivity index (χ3v) is 5.55. The van der Waals surface area contributed by atoms with Crippen molar-refractivity contribution in [2.75, 3.05) is 5.73 Å². The van der Waals surface area contributed by atoms with Gasteiger partial charge in [-0.2, -0.15) is 0 Å². The fraction of sp³-hybridized carbons (Fsp3) is 0.120. The zero-order valence-electron chi connectivity index (χ0n) is 19.1. The molecule has 5 aromatic rings. The zero-order chi connectivity index (χ0) is 24.7. The van der Waals surface area contributed by atoms with Gasteiger partial charge in [0.2, 0.25) is 0 Å². The maximum absolute atomic E-state index is 15.6. The number of fused-ring (bicyclic) bond motifs is 1. The normalized spacial score (nSPS) is 10.9. The van der Waals surface area contributed by atoms with Crippen molar-refractivity contribution >= 4 is 16.9 Å². The molecule has 0 spiro atoms. The van der Waals surface area contributed by atoms with E-state index in [1.807, 2.05) is 18.5 Å². The number of pyridine rings is 2. The lowest BCUT2D eigenvalue weighted by atomic mass is 10.00. The van der Waals surface area contributed by atoms with Crippen LogP contribution in [0.25, 0.3) is 33.5 Å². The van der Waals surface area contributed by atoms with Crippen LogP contribution in [0.2, 0.25) is 0 Å². The minimum Gasteiger partial charge on any atom is -0.423 e. The number of nitrogens with two attached hydrogens (primary N) is 1. The molecule has 0 fully saturated rings. The van der Waals surface area contributed by atoms with Crippen LogP contribution in [0.15, 0.2) is 43.1 Å². The Bertz CT molecular complexity index is 1650. The molecule has 0 aromatic carbocycles. The van der Waals surface area contributed by atoms with Crippen LogP contribution >= 0.6 is 0 Å². The minimum absolute atomic E-state index is 0.0602. The van der Waals surface area contributed by atoms with Gasteiger partial charge in [-0.1, -0.05) is 5.92 Å². The number of ether oxygens (including phenoxy) is 1. The molecule has 0 atom stereocenters. The number of hydrogen-bond donors (Lipinski definition) is 1.